The molecule has 3 aliphatic carbocycles. The average molecular weight is 736 g/mol. The number of fused-ring (bicyclic) bond motifs is 6. The van der Waals surface area contributed by atoms with Gasteiger partial charge >= 0.3 is 0 Å². The van der Waals surface area contributed by atoms with Gasteiger partial charge in [0.15, 0.2) is 34.7 Å². The van der Waals surface area contributed by atoms with Crippen molar-refractivity contribution in [3.63, 3.8) is 0 Å². The minimum Gasteiger partial charge on any atom is -0.377 e. The minimum absolute atomic E-state index is 0.0619. The first kappa shape index (κ1) is 34.5. The Balaban J connectivity index is 1.36. The number of carbonyl (C=O) groups is 6. The van der Waals surface area contributed by atoms with E-state index in [1.807, 2.05) is 0 Å². The molecule has 272 valence electrons. The minimum atomic E-state index is -0.430. The van der Waals surface area contributed by atoms with Gasteiger partial charge in [0, 0.05) is 78.5 Å². The molecule has 9 heteroatoms. The maximum absolute atomic E-state index is 14.8. The van der Waals surface area contributed by atoms with Crippen LogP contribution in [0.25, 0.3) is 0 Å². The second-order valence-corrected chi connectivity index (χ2v) is 14.6. The number of nitrogens with zero attached hydrogens (tertiary/aromatic N) is 3. The van der Waals surface area contributed by atoms with Gasteiger partial charge in [-0.05, 0) is 42.8 Å². The average Bonchev–Trinajstić information content (AvgIpc) is 3.20. The number of aryl methyl sites for hydroxylation is 1. The quantitative estimate of drug-likeness (QED) is 0.174. The zero-order valence-electron chi connectivity index (χ0n) is 31.2. The van der Waals surface area contributed by atoms with E-state index >= 15 is 0 Å². The highest BCUT2D eigenvalue weighted by Gasteiger charge is 2.41. The van der Waals surface area contributed by atoms with Gasteiger partial charge in [0.05, 0.1) is 44.9 Å². The van der Waals surface area contributed by atoms with Crippen molar-refractivity contribution in [3.05, 3.63) is 182 Å². The van der Waals surface area contributed by atoms with E-state index in [9.17, 15) is 28.8 Å². The van der Waals surface area contributed by atoms with Crippen molar-refractivity contribution in [2.24, 2.45) is 0 Å². The van der Waals surface area contributed by atoms with E-state index in [1.54, 1.807) is 159 Å². The van der Waals surface area contributed by atoms with Crippen LogP contribution in [0.5, 0.6) is 0 Å². The predicted molar refractivity (Wildman–Crippen MR) is 214 cm³/mol. The molecule has 0 atom stereocenters. The summed E-state index contributed by atoms with van der Waals surface area (Å²) in [6.45, 7) is 1.78. The van der Waals surface area contributed by atoms with Crippen LogP contribution >= 0.6 is 0 Å². The zero-order chi connectivity index (χ0) is 39.3. The smallest absolute Gasteiger partial charge is 0.196 e. The summed E-state index contributed by atoms with van der Waals surface area (Å²) in [4.78, 5) is 92.8. The van der Waals surface area contributed by atoms with Crippen LogP contribution in [0.1, 0.15) is 101 Å². The Kier molecular flexibility index (Phi) is 7.64. The fourth-order valence-electron chi connectivity index (χ4n) is 8.50. The standard InChI is InChI=1S/C47H33N3O6/c1-24-12-6-13-25-36(24)42(51)28-16-9-21-33(39(28)43(25)52)50(34-22-10-17-29-40(34)46(55)26-14-7-19-31(48(2)3)37(26)44(29)53)35-23-11-18-30-41(35)47(56)27-15-8-20-32(49(4)5)38(27)45(30)54/h6-23H,1-5H3. The zero-order valence-corrected chi connectivity index (χ0v) is 31.2. The normalized spacial score (nSPS) is 13.7. The summed E-state index contributed by atoms with van der Waals surface area (Å²) in [6.07, 6.45) is 0. The molecule has 0 heterocycles. The Morgan fingerprint density at radius 3 is 0.839 bits per heavy atom. The summed E-state index contributed by atoms with van der Waals surface area (Å²) >= 11 is 0. The van der Waals surface area contributed by atoms with E-state index < -0.39 is 17.3 Å². The van der Waals surface area contributed by atoms with Crippen molar-refractivity contribution < 1.29 is 28.8 Å². The molecule has 0 amide bonds. The second kappa shape index (κ2) is 12.4. The molecule has 56 heavy (non-hydrogen) atoms. The van der Waals surface area contributed by atoms with Crippen LogP contribution in [0.3, 0.4) is 0 Å². The van der Waals surface area contributed by atoms with Crippen LogP contribution < -0.4 is 14.7 Å². The molecule has 0 spiro atoms. The third kappa shape index (κ3) is 4.67. The van der Waals surface area contributed by atoms with Crippen molar-refractivity contribution in [2.75, 3.05) is 42.9 Å². The lowest BCUT2D eigenvalue weighted by Gasteiger charge is -2.35. The third-order valence-corrected chi connectivity index (χ3v) is 11.0. The van der Waals surface area contributed by atoms with E-state index in [0.29, 0.717) is 22.5 Å². The molecule has 6 aromatic rings. The van der Waals surface area contributed by atoms with Gasteiger partial charge in [-0.2, -0.15) is 0 Å². The number of hydrogen-bond donors (Lipinski definition) is 0. The Bertz CT molecular complexity index is 2720. The van der Waals surface area contributed by atoms with Gasteiger partial charge in [-0.3, -0.25) is 28.8 Å². The highest BCUT2D eigenvalue weighted by Crippen LogP contribution is 2.48. The number of rotatable bonds is 5. The molecular weight excluding hydrogens is 703 g/mol. The van der Waals surface area contributed by atoms with Gasteiger partial charge in [0.2, 0.25) is 0 Å². The van der Waals surface area contributed by atoms with Crippen LogP contribution in [-0.4, -0.2) is 62.9 Å². The summed E-state index contributed by atoms with van der Waals surface area (Å²) in [5, 5.41) is 0. The molecule has 0 N–H and O–H groups in total. The van der Waals surface area contributed by atoms with Crippen molar-refractivity contribution in [3.8, 4) is 0 Å². The van der Waals surface area contributed by atoms with E-state index in [2.05, 4.69) is 0 Å². The Morgan fingerprint density at radius 2 is 0.536 bits per heavy atom. The molecule has 0 bridgehead atoms. The van der Waals surface area contributed by atoms with Gasteiger partial charge in [-0.15, -0.1) is 0 Å². The Hall–Kier alpha value is -7.26. The van der Waals surface area contributed by atoms with E-state index in [4.69, 9.17) is 0 Å². The molecule has 9 nitrogen and oxygen atoms in total. The van der Waals surface area contributed by atoms with Crippen LogP contribution in [0.2, 0.25) is 0 Å². The maximum atomic E-state index is 14.8. The summed E-state index contributed by atoms with van der Waals surface area (Å²) < 4.78 is 0. The highest BCUT2D eigenvalue weighted by atomic mass is 16.2. The molecular formula is C47H33N3O6. The molecule has 6 aromatic carbocycles. The summed E-state index contributed by atoms with van der Waals surface area (Å²) in [5.74, 6) is -2.34. The van der Waals surface area contributed by atoms with E-state index in [1.165, 1.54) is 0 Å². The molecule has 0 unspecified atom stereocenters. The van der Waals surface area contributed by atoms with Crippen molar-refractivity contribution in [1.82, 2.24) is 0 Å². The van der Waals surface area contributed by atoms with Crippen LogP contribution in [0.4, 0.5) is 28.4 Å². The number of carbonyl (C=O) groups excluding carboxylic acids is 6. The van der Waals surface area contributed by atoms with E-state index in [0.717, 1.165) is 0 Å². The summed E-state index contributed by atoms with van der Waals surface area (Å²) in [7, 11) is 7.20. The summed E-state index contributed by atoms with van der Waals surface area (Å²) in [6, 6.07) is 30.0. The molecule has 0 aromatic heterocycles. The van der Waals surface area contributed by atoms with Gasteiger partial charge < -0.3 is 14.7 Å². The third-order valence-electron chi connectivity index (χ3n) is 11.0. The van der Waals surface area contributed by atoms with Crippen LogP contribution in [-0.2, 0) is 0 Å². The molecule has 0 fully saturated rings. The number of hydrogen-bond acceptors (Lipinski definition) is 9. The molecule has 0 saturated heterocycles. The molecule has 3 aliphatic rings. The number of benzene rings is 6. The molecule has 0 aliphatic heterocycles. The topological polar surface area (TPSA) is 112 Å². The number of ketones is 6. The van der Waals surface area contributed by atoms with Gasteiger partial charge in [0.25, 0.3) is 0 Å². The van der Waals surface area contributed by atoms with Crippen LogP contribution in [0.15, 0.2) is 109 Å². The first-order chi connectivity index (χ1) is 26.9. The first-order valence-corrected chi connectivity index (χ1v) is 18.1. The Labute approximate surface area is 322 Å². The lowest BCUT2D eigenvalue weighted by atomic mass is 9.79. The fraction of sp³-hybridized carbons (Fsp3) is 0.106. The van der Waals surface area contributed by atoms with Gasteiger partial charge in [0.1, 0.15) is 0 Å². The van der Waals surface area contributed by atoms with Gasteiger partial charge in [-0.1, -0.05) is 78.9 Å². The van der Waals surface area contributed by atoms with Crippen molar-refractivity contribution >= 4 is 63.1 Å². The monoisotopic (exact) mass is 735 g/mol. The Morgan fingerprint density at radius 1 is 0.304 bits per heavy atom. The molecule has 9 rings (SSSR count). The van der Waals surface area contributed by atoms with Crippen LogP contribution in [0, 0.1) is 6.92 Å². The maximum Gasteiger partial charge on any atom is 0.196 e. The largest absolute Gasteiger partial charge is 0.377 e. The van der Waals surface area contributed by atoms with E-state index in [-0.39, 0.29) is 95.6 Å². The lowest BCUT2D eigenvalue weighted by Crippen LogP contribution is -2.30. The predicted octanol–water partition coefficient (Wildman–Crippen LogP) is 7.92. The molecule has 0 radical (unpaired) electrons. The first-order valence-electron chi connectivity index (χ1n) is 18.1. The van der Waals surface area contributed by atoms with Gasteiger partial charge in [-0.25, -0.2) is 0 Å². The van der Waals surface area contributed by atoms with Crippen molar-refractivity contribution in [1.29, 1.82) is 0 Å². The highest BCUT2D eigenvalue weighted by molar-refractivity contribution is 6.35. The lowest BCUT2D eigenvalue weighted by molar-refractivity contribution is 0.0978. The fourth-order valence-corrected chi connectivity index (χ4v) is 8.50. The number of anilines is 5. The molecule has 0 saturated carbocycles. The summed E-state index contributed by atoms with van der Waals surface area (Å²) in [5.41, 5.74) is 4.56. The SMILES string of the molecule is Cc1cccc2c1C(=O)c1cccc(N(c3cccc4c3C(=O)c3cccc(N(C)C)c3C4=O)c3cccc4c3C(=O)c3cccc(N(C)C)c3C4=O)c1C2=O. The van der Waals surface area contributed by atoms with Crippen molar-refractivity contribution in [2.45, 2.75) is 6.92 Å². The second-order valence-electron chi connectivity index (χ2n) is 14.6.